The summed E-state index contributed by atoms with van der Waals surface area (Å²) in [6.45, 7) is 9.72. The van der Waals surface area contributed by atoms with Crippen molar-refractivity contribution >= 4 is 16.5 Å². The monoisotopic (exact) mass is 242 g/mol. The molecule has 1 N–H and O–H groups in total. The first-order valence-corrected chi connectivity index (χ1v) is 6.85. The van der Waals surface area contributed by atoms with E-state index in [1.807, 2.05) is 0 Å². The van der Waals surface area contributed by atoms with Gasteiger partial charge in [-0.05, 0) is 26.7 Å². The largest absolute Gasteiger partial charge is 0.391 e. The molecule has 0 saturated carbocycles. The second-order valence-electron chi connectivity index (χ2n) is 3.92. The summed E-state index contributed by atoms with van der Waals surface area (Å²) in [5, 5.41) is 10.3. The van der Waals surface area contributed by atoms with Crippen LogP contribution in [0.15, 0.2) is 0 Å². The Morgan fingerprint density at radius 1 is 1.38 bits per heavy atom. The standard InChI is InChI=1S/C12H22N2OS/c1-5-9(4)14(7-3)12-13-10(6-2)11(8-15)16-12/h9,15H,5-8H2,1-4H3. The molecule has 0 radical (unpaired) electrons. The second kappa shape index (κ2) is 6.21. The van der Waals surface area contributed by atoms with Crippen LogP contribution in [0.2, 0.25) is 0 Å². The summed E-state index contributed by atoms with van der Waals surface area (Å²) in [6, 6.07) is 0.507. The van der Waals surface area contributed by atoms with Crippen LogP contribution in [-0.2, 0) is 13.0 Å². The van der Waals surface area contributed by atoms with Crippen molar-refractivity contribution in [3.05, 3.63) is 10.6 Å². The smallest absolute Gasteiger partial charge is 0.186 e. The van der Waals surface area contributed by atoms with E-state index in [4.69, 9.17) is 0 Å². The van der Waals surface area contributed by atoms with Crippen LogP contribution in [0.4, 0.5) is 5.13 Å². The van der Waals surface area contributed by atoms with E-state index >= 15 is 0 Å². The van der Waals surface area contributed by atoms with Gasteiger partial charge in [0, 0.05) is 12.6 Å². The first-order chi connectivity index (χ1) is 7.67. The molecule has 92 valence electrons. The van der Waals surface area contributed by atoms with Crippen LogP contribution >= 0.6 is 11.3 Å². The van der Waals surface area contributed by atoms with Gasteiger partial charge < -0.3 is 10.0 Å². The molecule has 0 aliphatic heterocycles. The van der Waals surface area contributed by atoms with Crippen LogP contribution in [-0.4, -0.2) is 22.7 Å². The van der Waals surface area contributed by atoms with Gasteiger partial charge in [0.1, 0.15) is 0 Å². The maximum absolute atomic E-state index is 9.27. The van der Waals surface area contributed by atoms with Crippen LogP contribution in [0.1, 0.15) is 44.7 Å². The van der Waals surface area contributed by atoms with E-state index in [0.29, 0.717) is 6.04 Å². The normalized spacial score (nSPS) is 12.8. The fourth-order valence-corrected chi connectivity index (χ4v) is 2.92. The fraction of sp³-hybridized carbons (Fsp3) is 0.750. The lowest BCUT2D eigenvalue weighted by atomic mass is 10.2. The summed E-state index contributed by atoms with van der Waals surface area (Å²) in [5.74, 6) is 0. The topological polar surface area (TPSA) is 36.4 Å². The Bertz CT molecular complexity index is 303. The molecule has 0 aromatic carbocycles. The Labute approximate surface area is 102 Å². The minimum Gasteiger partial charge on any atom is -0.391 e. The lowest BCUT2D eigenvalue weighted by Gasteiger charge is -2.26. The molecule has 0 aliphatic rings. The Hall–Kier alpha value is -0.610. The molecular weight excluding hydrogens is 220 g/mol. The van der Waals surface area contributed by atoms with Crippen molar-refractivity contribution in [2.75, 3.05) is 11.4 Å². The number of rotatable bonds is 6. The molecule has 1 aromatic heterocycles. The van der Waals surface area contributed by atoms with E-state index in [2.05, 4.69) is 37.6 Å². The molecule has 4 heteroatoms. The zero-order valence-corrected chi connectivity index (χ0v) is 11.5. The predicted molar refractivity (Wildman–Crippen MR) is 70.2 cm³/mol. The fourth-order valence-electron chi connectivity index (χ4n) is 1.75. The quantitative estimate of drug-likeness (QED) is 0.833. The Kier molecular flexibility index (Phi) is 5.22. The third kappa shape index (κ3) is 2.74. The lowest BCUT2D eigenvalue weighted by Crippen LogP contribution is -2.32. The lowest BCUT2D eigenvalue weighted by molar-refractivity contribution is 0.284. The number of anilines is 1. The van der Waals surface area contributed by atoms with Crippen LogP contribution < -0.4 is 4.90 Å². The molecule has 1 atom stereocenters. The van der Waals surface area contributed by atoms with E-state index < -0.39 is 0 Å². The molecule has 1 aromatic rings. The van der Waals surface area contributed by atoms with Gasteiger partial charge in [-0.1, -0.05) is 25.2 Å². The van der Waals surface area contributed by atoms with Gasteiger partial charge >= 0.3 is 0 Å². The van der Waals surface area contributed by atoms with Crippen molar-refractivity contribution in [3.63, 3.8) is 0 Å². The zero-order valence-electron chi connectivity index (χ0n) is 10.7. The number of aromatic nitrogens is 1. The molecule has 0 spiro atoms. The zero-order chi connectivity index (χ0) is 12.1. The molecule has 1 unspecified atom stereocenters. The number of thiazole rings is 1. The number of nitrogens with zero attached hydrogens (tertiary/aromatic N) is 2. The van der Waals surface area contributed by atoms with Crippen molar-refractivity contribution < 1.29 is 5.11 Å². The van der Waals surface area contributed by atoms with Gasteiger partial charge in [0.25, 0.3) is 0 Å². The van der Waals surface area contributed by atoms with Crippen LogP contribution in [0.5, 0.6) is 0 Å². The van der Waals surface area contributed by atoms with E-state index in [-0.39, 0.29) is 6.61 Å². The van der Waals surface area contributed by atoms with Crippen LogP contribution in [0, 0.1) is 0 Å². The van der Waals surface area contributed by atoms with E-state index in [0.717, 1.165) is 35.1 Å². The summed E-state index contributed by atoms with van der Waals surface area (Å²) >= 11 is 1.63. The van der Waals surface area contributed by atoms with Crippen molar-refractivity contribution in [3.8, 4) is 0 Å². The van der Waals surface area contributed by atoms with Gasteiger partial charge in [0.05, 0.1) is 17.2 Å². The summed E-state index contributed by atoms with van der Waals surface area (Å²) in [7, 11) is 0. The van der Waals surface area contributed by atoms with Crippen molar-refractivity contribution in [2.45, 2.75) is 53.2 Å². The highest BCUT2D eigenvalue weighted by atomic mass is 32.1. The van der Waals surface area contributed by atoms with E-state index in [1.54, 1.807) is 11.3 Å². The molecule has 16 heavy (non-hydrogen) atoms. The summed E-state index contributed by atoms with van der Waals surface area (Å²) in [4.78, 5) is 7.95. The van der Waals surface area contributed by atoms with Gasteiger partial charge in [-0.2, -0.15) is 0 Å². The first kappa shape index (κ1) is 13.5. The minimum atomic E-state index is 0.110. The minimum absolute atomic E-state index is 0.110. The molecular formula is C12H22N2OS. The molecule has 0 fully saturated rings. The second-order valence-corrected chi connectivity index (χ2v) is 4.98. The van der Waals surface area contributed by atoms with Gasteiger partial charge in [0.15, 0.2) is 5.13 Å². The van der Waals surface area contributed by atoms with Crippen LogP contribution in [0.3, 0.4) is 0 Å². The summed E-state index contributed by atoms with van der Waals surface area (Å²) in [6.07, 6.45) is 2.01. The number of aryl methyl sites for hydroxylation is 1. The highest BCUT2D eigenvalue weighted by Gasteiger charge is 2.17. The molecule has 0 saturated heterocycles. The third-order valence-corrected chi connectivity index (χ3v) is 4.07. The molecule has 0 amide bonds. The highest BCUT2D eigenvalue weighted by Crippen LogP contribution is 2.28. The summed E-state index contributed by atoms with van der Waals surface area (Å²) in [5.41, 5.74) is 1.05. The maximum Gasteiger partial charge on any atom is 0.186 e. The predicted octanol–water partition coefficient (Wildman–Crippen LogP) is 2.82. The van der Waals surface area contributed by atoms with Gasteiger partial charge in [0.2, 0.25) is 0 Å². The maximum atomic E-state index is 9.27. The molecule has 0 aliphatic carbocycles. The summed E-state index contributed by atoms with van der Waals surface area (Å²) < 4.78 is 0. The molecule has 1 rings (SSSR count). The van der Waals surface area contributed by atoms with Crippen molar-refractivity contribution in [1.82, 2.24) is 4.98 Å². The van der Waals surface area contributed by atoms with E-state index in [1.165, 1.54) is 0 Å². The molecule has 3 nitrogen and oxygen atoms in total. The third-order valence-electron chi connectivity index (χ3n) is 2.95. The van der Waals surface area contributed by atoms with Gasteiger partial charge in [-0.15, -0.1) is 0 Å². The highest BCUT2D eigenvalue weighted by molar-refractivity contribution is 7.15. The average molecular weight is 242 g/mol. The Morgan fingerprint density at radius 2 is 2.06 bits per heavy atom. The number of hydrogen-bond donors (Lipinski definition) is 1. The first-order valence-electron chi connectivity index (χ1n) is 6.03. The Morgan fingerprint density at radius 3 is 2.44 bits per heavy atom. The van der Waals surface area contributed by atoms with Crippen molar-refractivity contribution in [2.24, 2.45) is 0 Å². The SMILES string of the molecule is CCc1nc(N(CC)C(C)CC)sc1CO. The average Bonchev–Trinajstić information content (AvgIpc) is 2.72. The van der Waals surface area contributed by atoms with Gasteiger partial charge in [-0.25, -0.2) is 4.98 Å². The molecule has 1 heterocycles. The number of hydrogen-bond acceptors (Lipinski definition) is 4. The van der Waals surface area contributed by atoms with Gasteiger partial charge in [-0.3, -0.25) is 0 Å². The molecule has 0 bridgehead atoms. The van der Waals surface area contributed by atoms with Crippen molar-refractivity contribution in [1.29, 1.82) is 0 Å². The van der Waals surface area contributed by atoms with Crippen LogP contribution in [0.25, 0.3) is 0 Å². The Balaban J connectivity index is 2.97. The number of aliphatic hydroxyl groups excluding tert-OH is 1. The number of aliphatic hydroxyl groups is 1. The van der Waals surface area contributed by atoms with E-state index in [9.17, 15) is 5.11 Å².